The molecular formula is C37H39F2N3O5S. The molecule has 0 bridgehead atoms. The lowest BCUT2D eigenvalue weighted by Gasteiger charge is -2.34. The number of hydrogen-bond acceptors (Lipinski definition) is 5. The Balaban J connectivity index is 1.57. The van der Waals surface area contributed by atoms with E-state index in [1.165, 1.54) is 35.2 Å². The molecule has 11 heteroatoms. The molecule has 0 aromatic heterocycles. The van der Waals surface area contributed by atoms with Gasteiger partial charge in [-0.1, -0.05) is 61.4 Å². The molecular weight excluding hydrogens is 636 g/mol. The van der Waals surface area contributed by atoms with Crippen LogP contribution >= 0.6 is 0 Å². The molecule has 1 N–H and O–H groups in total. The van der Waals surface area contributed by atoms with Crippen LogP contribution in [0.3, 0.4) is 0 Å². The highest BCUT2D eigenvalue weighted by molar-refractivity contribution is 7.92. The van der Waals surface area contributed by atoms with Gasteiger partial charge in [0.05, 0.1) is 17.2 Å². The highest BCUT2D eigenvalue weighted by Gasteiger charge is 2.36. The zero-order valence-corrected chi connectivity index (χ0v) is 27.5. The molecule has 0 spiro atoms. The van der Waals surface area contributed by atoms with Gasteiger partial charge in [-0.05, 0) is 79.9 Å². The van der Waals surface area contributed by atoms with Crippen LogP contribution in [0, 0.1) is 11.6 Å². The van der Waals surface area contributed by atoms with Crippen LogP contribution in [0.1, 0.15) is 43.7 Å². The predicted molar refractivity (Wildman–Crippen MR) is 180 cm³/mol. The Bertz CT molecular complexity index is 1780. The van der Waals surface area contributed by atoms with E-state index in [4.69, 9.17) is 4.74 Å². The molecule has 0 aliphatic heterocycles. The number of hydrogen-bond donors (Lipinski definition) is 1. The maximum atomic E-state index is 15.1. The van der Waals surface area contributed by atoms with E-state index in [0.29, 0.717) is 12.4 Å². The lowest BCUT2D eigenvalue weighted by molar-refractivity contribution is -0.140. The average Bonchev–Trinajstić information content (AvgIpc) is 3.60. The van der Waals surface area contributed by atoms with Gasteiger partial charge in [-0.3, -0.25) is 13.9 Å². The number of benzene rings is 4. The molecule has 4 aromatic rings. The lowest BCUT2D eigenvalue weighted by Crippen LogP contribution is -2.54. The third-order valence-corrected chi connectivity index (χ3v) is 10.2. The monoisotopic (exact) mass is 675 g/mol. The van der Waals surface area contributed by atoms with Crippen LogP contribution < -0.4 is 14.4 Å². The molecule has 48 heavy (non-hydrogen) atoms. The second kappa shape index (κ2) is 15.9. The summed E-state index contributed by atoms with van der Waals surface area (Å²) in [7, 11) is -4.43. The molecule has 2 amide bonds. The van der Waals surface area contributed by atoms with Gasteiger partial charge in [0, 0.05) is 24.6 Å². The van der Waals surface area contributed by atoms with Crippen LogP contribution in [-0.4, -0.2) is 50.4 Å². The summed E-state index contributed by atoms with van der Waals surface area (Å²) in [6.07, 6.45) is 3.70. The minimum absolute atomic E-state index is 0.0552. The Morgan fingerprint density at radius 3 is 2.17 bits per heavy atom. The predicted octanol–water partition coefficient (Wildman–Crippen LogP) is 6.26. The number of rotatable bonds is 14. The number of nitrogens with one attached hydrogen (secondary N) is 1. The number of ether oxygens (including phenoxy) is 1. The van der Waals surface area contributed by atoms with Gasteiger partial charge in [0.1, 0.15) is 30.0 Å². The molecule has 8 nitrogen and oxygen atoms in total. The van der Waals surface area contributed by atoms with Gasteiger partial charge in [0.25, 0.3) is 10.0 Å². The standard InChI is InChI=1S/C37H39F2N3O5S/c1-2-47-32-20-18-31(19-21-32)42(48(45,46)33-22-16-29(38)17-23-33)26-36(43)41(25-28-12-6-9-15-34(28)39)35(24-27-10-4-3-5-11-27)37(44)40-30-13-7-8-14-30/h3-6,9-12,15-23,30,35H,2,7-8,13-14,24-26H2,1H3,(H,40,44)/t35-/m0/s1. The Hall–Kier alpha value is -4.77. The minimum atomic E-state index is -4.43. The Morgan fingerprint density at radius 2 is 1.52 bits per heavy atom. The smallest absolute Gasteiger partial charge is 0.264 e. The highest BCUT2D eigenvalue weighted by Crippen LogP contribution is 2.28. The summed E-state index contributed by atoms with van der Waals surface area (Å²) >= 11 is 0. The van der Waals surface area contributed by atoms with Crippen molar-refractivity contribution in [3.8, 4) is 5.75 Å². The van der Waals surface area contributed by atoms with E-state index < -0.39 is 46.1 Å². The number of halogens is 2. The summed E-state index contributed by atoms with van der Waals surface area (Å²) in [6.45, 7) is 1.21. The van der Waals surface area contributed by atoms with Crippen molar-refractivity contribution in [2.75, 3.05) is 17.5 Å². The Kier molecular flexibility index (Phi) is 11.4. The van der Waals surface area contributed by atoms with Crippen molar-refractivity contribution in [3.63, 3.8) is 0 Å². The van der Waals surface area contributed by atoms with E-state index >= 15 is 4.39 Å². The van der Waals surface area contributed by atoms with Crippen LogP contribution in [0.25, 0.3) is 0 Å². The van der Waals surface area contributed by atoms with Crippen molar-refractivity contribution in [1.82, 2.24) is 10.2 Å². The molecule has 252 valence electrons. The van der Waals surface area contributed by atoms with Gasteiger partial charge in [-0.2, -0.15) is 0 Å². The summed E-state index contributed by atoms with van der Waals surface area (Å²) in [6, 6.07) is 24.5. The summed E-state index contributed by atoms with van der Waals surface area (Å²) in [5.74, 6) is -1.80. The number of amides is 2. The fourth-order valence-electron chi connectivity index (χ4n) is 5.87. The molecule has 0 saturated heterocycles. The van der Waals surface area contributed by atoms with Crippen LogP contribution in [-0.2, 0) is 32.6 Å². The molecule has 1 fully saturated rings. The van der Waals surface area contributed by atoms with Gasteiger partial charge in [-0.25, -0.2) is 17.2 Å². The van der Waals surface area contributed by atoms with E-state index in [9.17, 15) is 22.4 Å². The number of nitrogens with zero attached hydrogens (tertiary/aromatic N) is 2. The van der Waals surface area contributed by atoms with E-state index in [-0.39, 0.29) is 35.2 Å². The normalized spacial score (nSPS) is 13.9. The first kappa shape index (κ1) is 34.6. The first-order valence-corrected chi connectivity index (χ1v) is 17.5. The molecule has 1 aliphatic carbocycles. The number of carbonyl (C=O) groups is 2. The first-order valence-electron chi connectivity index (χ1n) is 16.0. The molecule has 4 aromatic carbocycles. The van der Waals surface area contributed by atoms with Crippen molar-refractivity contribution in [1.29, 1.82) is 0 Å². The highest BCUT2D eigenvalue weighted by atomic mass is 32.2. The van der Waals surface area contributed by atoms with Gasteiger partial charge >= 0.3 is 0 Å². The van der Waals surface area contributed by atoms with Gasteiger partial charge in [0.2, 0.25) is 11.8 Å². The topological polar surface area (TPSA) is 96.0 Å². The number of anilines is 1. The van der Waals surface area contributed by atoms with Crippen molar-refractivity contribution in [2.45, 2.75) is 62.6 Å². The van der Waals surface area contributed by atoms with Gasteiger partial charge in [0.15, 0.2) is 0 Å². The summed E-state index contributed by atoms with van der Waals surface area (Å²) in [4.78, 5) is 29.6. The van der Waals surface area contributed by atoms with E-state index in [1.807, 2.05) is 37.3 Å². The number of carbonyl (C=O) groups excluding carboxylic acids is 2. The largest absolute Gasteiger partial charge is 0.494 e. The molecule has 0 heterocycles. The van der Waals surface area contributed by atoms with Crippen LogP contribution in [0.4, 0.5) is 14.5 Å². The molecule has 0 radical (unpaired) electrons. The summed E-state index contributed by atoms with van der Waals surface area (Å²) in [5.41, 5.74) is 1.10. The third-order valence-electron chi connectivity index (χ3n) is 8.39. The summed E-state index contributed by atoms with van der Waals surface area (Å²) < 4.78 is 63.6. The van der Waals surface area contributed by atoms with E-state index in [2.05, 4.69) is 5.32 Å². The van der Waals surface area contributed by atoms with Crippen molar-refractivity contribution >= 4 is 27.5 Å². The zero-order valence-electron chi connectivity index (χ0n) is 26.7. The Labute approximate surface area is 280 Å². The van der Waals surface area contributed by atoms with Crippen LogP contribution in [0.15, 0.2) is 108 Å². The van der Waals surface area contributed by atoms with Crippen molar-refractivity contribution < 1.29 is 31.5 Å². The molecule has 1 atom stereocenters. The van der Waals surface area contributed by atoms with E-state index in [0.717, 1.165) is 59.8 Å². The fourth-order valence-corrected chi connectivity index (χ4v) is 7.28. The molecule has 0 unspecified atom stereocenters. The average molecular weight is 676 g/mol. The first-order chi connectivity index (χ1) is 23.2. The second-order valence-corrected chi connectivity index (χ2v) is 13.6. The fraction of sp³-hybridized carbons (Fsp3) is 0.297. The van der Waals surface area contributed by atoms with Crippen molar-refractivity contribution in [3.05, 3.63) is 126 Å². The SMILES string of the molecule is CCOc1ccc(N(CC(=O)N(Cc2ccccc2F)[C@@H](Cc2ccccc2)C(=O)NC2CCCC2)S(=O)(=O)c2ccc(F)cc2)cc1. The zero-order chi connectivity index (χ0) is 34.1. The summed E-state index contributed by atoms with van der Waals surface area (Å²) in [5, 5.41) is 3.09. The minimum Gasteiger partial charge on any atom is -0.494 e. The maximum absolute atomic E-state index is 15.1. The quantitative estimate of drug-likeness (QED) is 0.170. The molecule has 1 saturated carbocycles. The molecule has 5 rings (SSSR count). The van der Waals surface area contributed by atoms with E-state index in [1.54, 1.807) is 18.2 Å². The van der Waals surface area contributed by atoms with Crippen molar-refractivity contribution in [2.24, 2.45) is 0 Å². The number of sulfonamides is 1. The van der Waals surface area contributed by atoms with Crippen LogP contribution in [0.2, 0.25) is 0 Å². The maximum Gasteiger partial charge on any atom is 0.264 e. The molecule has 1 aliphatic rings. The van der Waals surface area contributed by atoms with Gasteiger partial charge in [-0.15, -0.1) is 0 Å². The van der Waals surface area contributed by atoms with Crippen LogP contribution in [0.5, 0.6) is 5.75 Å². The Morgan fingerprint density at radius 1 is 0.875 bits per heavy atom. The third kappa shape index (κ3) is 8.57. The van der Waals surface area contributed by atoms with Gasteiger partial charge < -0.3 is 15.0 Å². The lowest BCUT2D eigenvalue weighted by atomic mass is 10.0. The second-order valence-electron chi connectivity index (χ2n) is 11.7.